The van der Waals surface area contributed by atoms with Gasteiger partial charge in [0.15, 0.2) is 0 Å². The first kappa shape index (κ1) is 12.2. The molecule has 15 heavy (non-hydrogen) atoms. The van der Waals surface area contributed by atoms with Gasteiger partial charge in [-0.25, -0.2) is 0 Å². The van der Waals surface area contributed by atoms with Gasteiger partial charge in [-0.2, -0.15) is 0 Å². The first-order valence-electron chi connectivity index (χ1n) is 5.61. The molecule has 0 radical (unpaired) electrons. The van der Waals surface area contributed by atoms with Crippen LogP contribution >= 0.6 is 0 Å². The zero-order valence-corrected chi connectivity index (χ0v) is 10.0. The Labute approximate surface area is 92.5 Å². The second-order valence-corrected chi connectivity index (χ2v) is 5.22. The summed E-state index contributed by atoms with van der Waals surface area (Å²) < 4.78 is 0. The molecule has 1 atom stereocenters. The molecule has 0 unspecified atom stereocenters. The highest BCUT2D eigenvalue weighted by Gasteiger charge is 2.24. The molecule has 0 aromatic heterocycles. The smallest absolute Gasteiger partial charge is 0.246 e. The maximum Gasteiger partial charge on any atom is 0.246 e. The number of carbonyl (C=O) groups is 1. The second kappa shape index (κ2) is 4.79. The van der Waals surface area contributed by atoms with Crippen molar-refractivity contribution in [2.45, 2.75) is 45.2 Å². The highest BCUT2D eigenvalue weighted by Crippen LogP contribution is 2.13. The molecule has 3 heteroatoms. The van der Waals surface area contributed by atoms with E-state index in [1.54, 1.807) is 0 Å². The summed E-state index contributed by atoms with van der Waals surface area (Å²) in [5.41, 5.74) is 0.116. The molecule has 1 heterocycles. The Morgan fingerprint density at radius 2 is 2.20 bits per heavy atom. The summed E-state index contributed by atoms with van der Waals surface area (Å²) in [6, 6.07) is 0.419. The van der Waals surface area contributed by atoms with Crippen LogP contribution in [0.3, 0.4) is 0 Å². The van der Waals surface area contributed by atoms with Gasteiger partial charge in [0.05, 0.1) is 0 Å². The fraction of sp³-hybridized carbons (Fsp3) is 0.750. The summed E-state index contributed by atoms with van der Waals surface area (Å²) in [6.07, 6.45) is 3.63. The largest absolute Gasteiger partial charge is 0.338 e. The molecule has 1 rings (SSSR count). The van der Waals surface area contributed by atoms with Crippen LogP contribution in [-0.4, -0.2) is 35.5 Å². The number of carbonyl (C=O) groups excluding carboxylic acids is 1. The number of rotatable bonds is 2. The third-order valence-corrected chi connectivity index (χ3v) is 2.54. The van der Waals surface area contributed by atoms with E-state index in [9.17, 15) is 4.79 Å². The predicted octanol–water partition coefficient (Wildman–Crippen LogP) is 1.55. The topological polar surface area (TPSA) is 32.3 Å². The Morgan fingerprint density at radius 3 is 2.73 bits per heavy atom. The fourth-order valence-corrected chi connectivity index (χ4v) is 2.04. The van der Waals surface area contributed by atoms with Gasteiger partial charge in [0.2, 0.25) is 5.91 Å². The van der Waals surface area contributed by atoms with Gasteiger partial charge in [-0.3, -0.25) is 4.79 Å². The van der Waals surface area contributed by atoms with Crippen molar-refractivity contribution in [1.29, 1.82) is 0 Å². The van der Waals surface area contributed by atoms with E-state index in [2.05, 4.69) is 32.7 Å². The molecule has 1 N–H and O–H groups in total. The molecule has 1 amide bonds. The highest BCUT2D eigenvalue weighted by atomic mass is 16.2. The van der Waals surface area contributed by atoms with Gasteiger partial charge in [-0.15, -0.1) is 0 Å². The molecule has 3 nitrogen and oxygen atoms in total. The van der Waals surface area contributed by atoms with Crippen molar-refractivity contribution in [3.05, 3.63) is 12.7 Å². The maximum atomic E-state index is 11.5. The second-order valence-electron chi connectivity index (χ2n) is 5.22. The van der Waals surface area contributed by atoms with Crippen molar-refractivity contribution in [3.8, 4) is 0 Å². The van der Waals surface area contributed by atoms with Crippen LogP contribution < -0.4 is 5.32 Å². The zero-order chi connectivity index (χ0) is 11.5. The number of hydrogen-bond acceptors (Lipinski definition) is 2. The van der Waals surface area contributed by atoms with Crippen molar-refractivity contribution >= 4 is 5.91 Å². The van der Waals surface area contributed by atoms with Gasteiger partial charge in [0.25, 0.3) is 0 Å². The van der Waals surface area contributed by atoms with Crippen LogP contribution in [0.15, 0.2) is 12.7 Å². The third-order valence-electron chi connectivity index (χ3n) is 2.54. The average Bonchev–Trinajstić information content (AvgIpc) is 2.14. The summed E-state index contributed by atoms with van der Waals surface area (Å²) in [5.74, 6) is 0.0513. The molecule has 0 aromatic rings. The van der Waals surface area contributed by atoms with E-state index in [-0.39, 0.29) is 11.4 Å². The van der Waals surface area contributed by atoms with Gasteiger partial charge in [0, 0.05) is 24.7 Å². The van der Waals surface area contributed by atoms with E-state index >= 15 is 0 Å². The van der Waals surface area contributed by atoms with Crippen LogP contribution in [0.25, 0.3) is 0 Å². The van der Waals surface area contributed by atoms with Crippen molar-refractivity contribution in [1.82, 2.24) is 10.2 Å². The van der Waals surface area contributed by atoms with Gasteiger partial charge in [0.1, 0.15) is 0 Å². The summed E-state index contributed by atoms with van der Waals surface area (Å²) in [7, 11) is 0. The lowest BCUT2D eigenvalue weighted by atomic mass is 10.0. The van der Waals surface area contributed by atoms with E-state index < -0.39 is 0 Å². The Hall–Kier alpha value is -0.830. The lowest BCUT2D eigenvalue weighted by molar-refractivity contribution is -0.127. The van der Waals surface area contributed by atoms with E-state index in [0.717, 1.165) is 25.9 Å². The third kappa shape index (κ3) is 4.04. The molecular weight excluding hydrogens is 188 g/mol. The molecule has 0 aliphatic carbocycles. The van der Waals surface area contributed by atoms with Gasteiger partial charge in [-0.05, 0) is 39.7 Å². The fourth-order valence-electron chi connectivity index (χ4n) is 2.04. The number of nitrogens with zero attached hydrogens (tertiary/aromatic N) is 1. The van der Waals surface area contributed by atoms with E-state index in [4.69, 9.17) is 0 Å². The monoisotopic (exact) mass is 210 g/mol. The number of amides is 1. The zero-order valence-electron chi connectivity index (χ0n) is 10.0. The van der Waals surface area contributed by atoms with Gasteiger partial charge >= 0.3 is 0 Å². The van der Waals surface area contributed by atoms with Crippen molar-refractivity contribution < 1.29 is 4.79 Å². The quantitative estimate of drug-likeness (QED) is 0.701. The summed E-state index contributed by atoms with van der Waals surface area (Å²) in [4.78, 5) is 13.3. The standard InChI is InChI=1S/C12H22N2O/c1-5-11(15)14-8-6-7-10(9-14)13-12(2,3)4/h5,10,13H,1,6-9H2,2-4H3/t10-/m1/s1. The van der Waals surface area contributed by atoms with Crippen LogP contribution in [0, 0.1) is 0 Å². The lowest BCUT2D eigenvalue weighted by Gasteiger charge is -2.36. The van der Waals surface area contributed by atoms with Crippen molar-refractivity contribution in [2.75, 3.05) is 13.1 Å². The van der Waals surface area contributed by atoms with Crippen molar-refractivity contribution in [3.63, 3.8) is 0 Å². The lowest BCUT2D eigenvalue weighted by Crippen LogP contribution is -2.52. The first-order valence-corrected chi connectivity index (χ1v) is 5.61. The summed E-state index contributed by atoms with van der Waals surface area (Å²) in [5, 5.41) is 3.54. The van der Waals surface area contributed by atoms with E-state index in [0.29, 0.717) is 6.04 Å². The predicted molar refractivity (Wildman–Crippen MR) is 62.7 cm³/mol. The van der Waals surface area contributed by atoms with E-state index in [1.807, 2.05) is 4.90 Å². The molecule has 1 saturated heterocycles. The van der Waals surface area contributed by atoms with Crippen LogP contribution in [0.5, 0.6) is 0 Å². The molecular formula is C12H22N2O. The van der Waals surface area contributed by atoms with Crippen LogP contribution in [0.4, 0.5) is 0 Å². The molecule has 1 aliphatic rings. The maximum absolute atomic E-state index is 11.5. The van der Waals surface area contributed by atoms with Crippen LogP contribution in [0.1, 0.15) is 33.6 Å². The summed E-state index contributed by atoms with van der Waals surface area (Å²) in [6.45, 7) is 11.7. The number of piperidine rings is 1. The van der Waals surface area contributed by atoms with E-state index in [1.165, 1.54) is 6.08 Å². The normalized spacial score (nSPS) is 22.6. The Balaban J connectivity index is 2.49. The minimum Gasteiger partial charge on any atom is -0.338 e. The van der Waals surface area contributed by atoms with Crippen LogP contribution in [-0.2, 0) is 4.79 Å². The average molecular weight is 210 g/mol. The van der Waals surface area contributed by atoms with Gasteiger partial charge < -0.3 is 10.2 Å². The minimum atomic E-state index is 0.0513. The Kier molecular flexibility index (Phi) is 3.91. The van der Waals surface area contributed by atoms with Crippen LogP contribution in [0.2, 0.25) is 0 Å². The molecule has 1 fully saturated rings. The SMILES string of the molecule is C=CC(=O)N1CCC[C@@H](NC(C)(C)C)C1. The molecule has 0 spiro atoms. The molecule has 0 bridgehead atoms. The molecule has 86 valence electrons. The Morgan fingerprint density at radius 1 is 1.53 bits per heavy atom. The number of nitrogens with one attached hydrogen (secondary N) is 1. The summed E-state index contributed by atoms with van der Waals surface area (Å²) >= 11 is 0. The molecule has 1 aliphatic heterocycles. The number of likely N-dealkylation sites (tertiary alicyclic amines) is 1. The Bertz CT molecular complexity index is 242. The minimum absolute atomic E-state index is 0.0513. The first-order chi connectivity index (χ1) is 6.92. The number of hydrogen-bond donors (Lipinski definition) is 1. The van der Waals surface area contributed by atoms with Gasteiger partial charge in [-0.1, -0.05) is 6.58 Å². The van der Waals surface area contributed by atoms with Crippen molar-refractivity contribution in [2.24, 2.45) is 0 Å². The highest BCUT2D eigenvalue weighted by molar-refractivity contribution is 5.87. The molecule has 0 aromatic carbocycles. The molecule has 0 saturated carbocycles.